The lowest BCUT2D eigenvalue weighted by Gasteiger charge is -2.15. The predicted octanol–water partition coefficient (Wildman–Crippen LogP) is 5.80. The van der Waals surface area contributed by atoms with Crippen LogP contribution in [0.5, 0.6) is 17.2 Å². The van der Waals surface area contributed by atoms with Crippen molar-refractivity contribution in [3.05, 3.63) is 72.5 Å². The van der Waals surface area contributed by atoms with Gasteiger partial charge in [0.1, 0.15) is 17.2 Å². The number of nitrogens with one attached hydrogen (secondary N) is 1. The summed E-state index contributed by atoms with van der Waals surface area (Å²) in [4.78, 5) is 47.2. The van der Waals surface area contributed by atoms with E-state index in [0.29, 0.717) is 40.5 Å². The minimum atomic E-state index is -1.53. The molecule has 0 radical (unpaired) electrons. The number of H-pyrrole nitrogens is 1. The molecule has 1 heterocycles. The lowest BCUT2D eigenvalue weighted by molar-refractivity contribution is -0.118. The fraction of sp³-hybridized carbons (Fsp3) is 0.433. The maximum atomic E-state index is 12.1. The highest BCUT2D eigenvalue weighted by atomic mass is 79.9. The molecule has 1 aromatic heterocycles. The third kappa shape index (κ3) is 10.5. The normalized spacial score (nSPS) is 10.5. The number of halogens is 1. The van der Waals surface area contributed by atoms with E-state index < -0.39 is 22.9 Å². The van der Waals surface area contributed by atoms with Gasteiger partial charge < -0.3 is 20.3 Å². The molecule has 2 aromatic carbocycles. The minimum absolute atomic E-state index is 0.161. The molecule has 42 heavy (non-hydrogen) atoms. The van der Waals surface area contributed by atoms with E-state index in [1.807, 2.05) is 4.98 Å². The minimum Gasteiger partial charge on any atom is -0.496 e. The number of carboxylic acids is 1. The summed E-state index contributed by atoms with van der Waals surface area (Å²) in [6.07, 6.45) is 10.7. The Morgan fingerprint density at radius 1 is 1.00 bits per heavy atom. The number of rotatable bonds is 14. The Morgan fingerprint density at radius 2 is 1.60 bits per heavy atom. The molecule has 4 N–H and O–H groups in total. The molecule has 0 spiro atoms. The van der Waals surface area contributed by atoms with Crippen LogP contribution in [0.4, 0.5) is 0 Å². The topological polar surface area (TPSA) is 167 Å². The molecule has 228 valence electrons. The number of hydrogen-bond acceptors (Lipinski definition) is 7. The highest BCUT2D eigenvalue weighted by Crippen LogP contribution is 2.34. The van der Waals surface area contributed by atoms with Crippen LogP contribution >= 0.6 is 15.9 Å². The zero-order chi connectivity index (χ0) is 31.2. The number of aryl methyl sites for hydroxylation is 2. The average molecular weight is 648 g/mol. The van der Waals surface area contributed by atoms with Crippen molar-refractivity contribution in [1.82, 2.24) is 14.8 Å². The van der Waals surface area contributed by atoms with Crippen LogP contribution in [0.1, 0.15) is 86.3 Å². The summed E-state index contributed by atoms with van der Waals surface area (Å²) in [6.45, 7) is 5.78. The zero-order valence-electron chi connectivity index (χ0n) is 24.5. The molecule has 3 rings (SSSR count). The Morgan fingerprint density at radius 3 is 2.12 bits per heavy atom. The number of carbonyl (C=O) groups is 2. The van der Waals surface area contributed by atoms with E-state index in [4.69, 9.17) is 20.3 Å². The van der Waals surface area contributed by atoms with Crippen LogP contribution < -0.4 is 26.5 Å². The highest BCUT2D eigenvalue weighted by Gasteiger charge is 2.17. The molecule has 0 unspecified atom stereocenters. The number of aromatic carboxylic acids is 1. The Hall–Kier alpha value is -3.93. The van der Waals surface area contributed by atoms with E-state index in [2.05, 4.69) is 28.0 Å². The van der Waals surface area contributed by atoms with Crippen molar-refractivity contribution < 1.29 is 24.2 Å². The van der Waals surface area contributed by atoms with Crippen molar-refractivity contribution in [2.24, 2.45) is 5.73 Å². The second-order valence-corrected chi connectivity index (χ2v) is 10.7. The Bertz CT molecular complexity index is 1460. The number of carbonyl (C=O) groups excluding carboxylic acids is 1. The van der Waals surface area contributed by atoms with Gasteiger partial charge in [0, 0.05) is 6.42 Å². The zero-order valence-corrected chi connectivity index (χ0v) is 26.1. The van der Waals surface area contributed by atoms with Crippen molar-refractivity contribution in [1.29, 1.82) is 0 Å². The van der Waals surface area contributed by atoms with Gasteiger partial charge in [-0.05, 0) is 77.7 Å². The van der Waals surface area contributed by atoms with E-state index in [-0.39, 0.29) is 5.91 Å². The molecular formula is C30H39BrN4O7. The van der Waals surface area contributed by atoms with Crippen LogP contribution in [-0.4, -0.2) is 38.9 Å². The van der Waals surface area contributed by atoms with Crippen molar-refractivity contribution in [3.8, 4) is 22.9 Å². The number of methoxy groups -OCH3 is 1. The number of unbranched alkanes of at least 4 members (excludes halogenated alkanes) is 7. The van der Waals surface area contributed by atoms with Crippen LogP contribution in [0.2, 0.25) is 0 Å². The molecule has 11 nitrogen and oxygen atoms in total. The van der Waals surface area contributed by atoms with Crippen LogP contribution in [0.15, 0.2) is 44.4 Å². The fourth-order valence-corrected chi connectivity index (χ4v) is 4.71. The second-order valence-electron chi connectivity index (χ2n) is 9.82. The summed E-state index contributed by atoms with van der Waals surface area (Å²) in [5.74, 6) is 0.120. The molecule has 0 aliphatic carbocycles. The Balaban J connectivity index is 0.000000401. The maximum Gasteiger partial charge on any atom is 0.362 e. The number of carboxylic acid groups (broad SMARTS) is 1. The monoisotopic (exact) mass is 646 g/mol. The summed E-state index contributed by atoms with van der Waals surface area (Å²) in [5.41, 5.74) is 4.03. The number of amides is 1. The number of nitrogens with two attached hydrogens (primary N) is 1. The molecule has 0 fully saturated rings. The first-order chi connectivity index (χ1) is 20.0. The summed E-state index contributed by atoms with van der Waals surface area (Å²) in [6, 6.07) is 8.50. The van der Waals surface area contributed by atoms with Crippen LogP contribution in [-0.2, 0) is 4.79 Å². The van der Waals surface area contributed by atoms with Gasteiger partial charge in [-0.1, -0.05) is 51.9 Å². The maximum absolute atomic E-state index is 12.1. The summed E-state index contributed by atoms with van der Waals surface area (Å²) < 4.78 is 12.7. The largest absolute Gasteiger partial charge is 0.496 e. The van der Waals surface area contributed by atoms with Crippen molar-refractivity contribution in [3.63, 3.8) is 0 Å². The number of nitrogens with zero attached hydrogens (tertiary/aromatic N) is 2. The van der Waals surface area contributed by atoms with E-state index in [0.717, 1.165) is 22.0 Å². The Labute approximate surface area is 253 Å². The Kier molecular flexibility index (Phi) is 14.0. The average Bonchev–Trinajstić information content (AvgIpc) is 2.92. The van der Waals surface area contributed by atoms with Gasteiger partial charge >= 0.3 is 11.7 Å². The number of ether oxygens (including phenoxy) is 2. The van der Waals surface area contributed by atoms with E-state index >= 15 is 0 Å². The molecule has 0 aliphatic heterocycles. The molecule has 0 saturated heterocycles. The summed E-state index contributed by atoms with van der Waals surface area (Å²) in [7, 11) is 1.57. The lowest BCUT2D eigenvalue weighted by Crippen LogP contribution is -2.35. The first kappa shape index (κ1) is 34.3. The van der Waals surface area contributed by atoms with Crippen LogP contribution in [0, 0.1) is 13.8 Å². The highest BCUT2D eigenvalue weighted by molar-refractivity contribution is 9.10. The molecule has 12 heteroatoms. The predicted molar refractivity (Wildman–Crippen MR) is 164 cm³/mol. The first-order valence-electron chi connectivity index (χ1n) is 13.9. The second kappa shape index (κ2) is 17.1. The van der Waals surface area contributed by atoms with E-state index in [9.17, 15) is 19.2 Å². The van der Waals surface area contributed by atoms with Gasteiger partial charge in [-0.15, -0.1) is 0 Å². The summed E-state index contributed by atoms with van der Waals surface area (Å²) in [5, 5.41) is 12.7. The summed E-state index contributed by atoms with van der Waals surface area (Å²) >= 11 is 3.40. The lowest BCUT2D eigenvalue weighted by atomic mass is 10.1. The van der Waals surface area contributed by atoms with Gasteiger partial charge in [0.05, 0.1) is 17.3 Å². The smallest absolute Gasteiger partial charge is 0.362 e. The van der Waals surface area contributed by atoms with Crippen molar-refractivity contribution in [2.45, 2.75) is 78.6 Å². The first-order valence-corrected chi connectivity index (χ1v) is 14.7. The van der Waals surface area contributed by atoms with Gasteiger partial charge in [-0.3, -0.25) is 14.6 Å². The van der Waals surface area contributed by atoms with Gasteiger partial charge in [0.25, 0.3) is 5.56 Å². The van der Waals surface area contributed by atoms with Crippen LogP contribution in [0.3, 0.4) is 0 Å². The molecule has 0 atom stereocenters. The van der Waals surface area contributed by atoms with Gasteiger partial charge in [0.2, 0.25) is 11.6 Å². The molecule has 3 aromatic rings. The SMILES string of the molecule is CCCCCCCCCCC(N)=O.COc1ccc(Oc2c(C)cc(-n3nc(C(=O)O)c(=O)[nH]c3=O)cc2C)cc1Br. The van der Waals surface area contributed by atoms with Gasteiger partial charge in [-0.25, -0.2) is 9.59 Å². The molecule has 0 saturated carbocycles. The number of aromatic amines is 1. The fourth-order valence-electron chi connectivity index (χ4n) is 4.19. The van der Waals surface area contributed by atoms with Gasteiger partial charge in [0.15, 0.2) is 0 Å². The number of primary amides is 1. The number of aromatic nitrogens is 3. The number of hydrogen-bond donors (Lipinski definition) is 3. The van der Waals surface area contributed by atoms with Crippen molar-refractivity contribution in [2.75, 3.05) is 7.11 Å². The van der Waals surface area contributed by atoms with Gasteiger partial charge in [-0.2, -0.15) is 9.78 Å². The molecule has 1 amide bonds. The van der Waals surface area contributed by atoms with Crippen LogP contribution in [0.25, 0.3) is 5.69 Å². The third-order valence-electron chi connectivity index (χ3n) is 6.34. The standard InChI is InChI=1S/C19H16BrN3O6.C11H23NO/c1-9-6-11(23-19(27)21-17(24)15(22-23)18(25)26)7-10(2)16(9)29-12-4-5-14(28-3)13(20)8-12;1-2-3-4-5-6-7-8-9-10-11(12)13/h4-8H,1-3H3,(H,25,26)(H,21,24,27);2-10H2,1H3,(H2,12,13). The molecule has 0 aliphatic rings. The van der Waals surface area contributed by atoms with Crippen molar-refractivity contribution >= 4 is 27.8 Å². The molecule has 0 bridgehead atoms. The quantitative estimate of drug-likeness (QED) is 0.185. The van der Waals surface area contributed by atoms with E-state index in [1.165, 1.54) is 38.5 Å². The number of benzene rings is 2. The third-order valence-corrected chi connectivity index (χ3v) is 6.96. The van der Waals surface area contributed by atoms with E-state index in [1.54, 1.807) is 51.3 Å². The molecular weight excluding hydrogens is 608 g/mol.